The van der Waals surface area contributed by atoms with Gasteiger partial charge in [-0.15, -0.1) is 0 Å². The number of piperazine rings is 1. The fourth-order valence-corrected chi connectivity index (χ4v) is 8.38. The second-order valence-corrected chi connectivity index (χ2v) is 16.2. The van der Waals surface area contributed by atoms with E-state index in [-0.39, 0.29) is 48.7 Å². The number of amides is 5. The number of hydrogen-bond acceptors (Lipinski definition) is 9. The predicted molar refractivity (Wildman–Crippen MR) is 251 cm³/mol. The number of carbonyl (C=O) groups is 5. The van der Waals surface area contributed by atoms with Crippen LogP contribution in [0.3, 0.4) is 0 Å². The molecule has 1 unspecified atom stereocenters. The van der Waals surface area contributed by atoms with Gasteiger partial charge in [-0.25, -0.2) is 13.8 Å². The van der Waals surface area contributed by atoms with Crippen LogP contribution in [0.2, 0.25) is 0 Å². The topological polar surface area (TPSA) is 174 Å². The molecule has 1 saturated heterocycles. The van der Waals surface area contributed by atoms with Crippen LogP contribution in [0.5, 0.6) is 0 Å². The Hall–Kier alpha value is -7.25. The van der Waals surface area contributed by atoms with Gasteiger partial charge in [-0.1, -0.05) is 42.2 Å². The lowest BCUT2D eigenvalue weighted by Gasteiger charge is -2.35. The fraction of sp³-hybridized carbons (Fsp3) is 0.340. The number of carbonyl (C=O) groups excluding carboxylic acids is 5. The first kappa shape index (κ1) is 48.2. The average Bonchev–Trinajstić information content (AvgIpc) is 3.83. The first-order valence-corrected chi connectivity index (χ1v) is 21.9. The minimum atomic E-state index is -2.94. The van der Waals surface area contributed by atoms with Gasteiger partial charge in [-0.2, -0.15) is 0 Å². The van der Waals surface area contributed by atoms with Crippen LogP contribution in [0.4, 0.5) is 26.0 Å². The first-order chi connectivity index (χ1) is 31.8. The lowest BCUT2D eigenvalue weighted by Crippen LogP contribution is -2.47. The molecule has 0 bridgehead atoms. The summed E-state index contributed by atoms with van der Waals surface area (Å²) in [6.45, 7) is 9.96. The molecule has 1 aromatic heterocycles. The molecule has 16 heteroatoms. The Morgan fingerprint density at radius 3 is 2.39 bits per heavy atom. The van der Waals surface area contributed by atoms with Crippen molar-refractivity contribution in [2.45, 2.75) is 65.0 Å². The Kier molecular flexibility index (Phi) is 16.1. The standard InChI is InChI=1S/C49H52F2N8O4.CH3NO/c1-5-40-42-29-36(13-19-43(42)59(46(40)52-4)39-16-14-38(15-17-39)49(3,50)51)47(62)53-22-6-8-35-12-20-44(54-30-35)57-26-24-56(25-27-57)23-7-9-34-11-18-41-37(28-34)31-58(48(41)63)33(2)10-21-45(61)55-32-60;2-1-3/h5,11-20,28-30,32-33H,7,9-10,21-27,31H2,1-4H3,(H,53,62)(H,55,60,61);1H,(H2,2,3)/b40-5-,52-46?;. The van der Waals surface area contributed by atoms with E-state index in [0.29, 0.717) is 36.5 Å². The van der Waals surface area contributed by atoms with Crippen molar-refractivity contribution >= 4 is 59.1 Å². The fourth-order valence-electron chi connectivity index (χ4n) is 8.38. The van der Waals surface area contributed by atoms with Crippen molar-refractivity contribution in [3.05, 3.63) is 124 Å². The largest absolute Gasteiger partial charge is 0.372 e. The Bertz CT molecular complexity index is 2540. The molecule has 1 fully saturated rings. The molecule has 0 radical (unpaired) electrons. The van der Waals surface area contributed by atoms with Crippen molar-refractivity contribution in [3.8, 4) is 11.8 Å². The van der Waals surface area contributed by atoms with Crippen molar-refractivity contribution in [2.24, 2.45) is 10.7 Å². The number of hydrogen-bond donors (Lipinski definition) is 3. The van der Waals surface area contributed by atoms with Gasteiger partial charge in [0.15, 0.2) is 0 Å². The highest BCUT2D eigenvalue weighted by molar-refractivity contribution is 6.37. The minimum Gasteiger partial charge on any atom is -0.372 e. The lowest BCUT2D eigenvalue weighted by atomic mass is 10.0. The maximum absolute atomic E-state index is 13.9. The second kappa shape index (κ2) is 22.1. The summed E-state index contributed by atoms with van der Waals surface area (Å²) in [5.41, 5.74) is 11.4. The van der Waals surface area contributed by atoms with Crippen LogP contribution in [-0.2, 0) is 33.3 Å². The Labute approximate surface area is 383 Å². The second-order valence-electron chi connectivity index (χ2n) is 16.2. The van der Waals surface area contributed by atoms with E-state index >= 15 is 0 Å². The molecule has 14 nitrogen and oxygen atoms in total. The zero-order valence-corrected chi connectivity index (χ0v) is 37.7. The summed E-state index contributed by atoms with van der Waals surface area (Å²) in [6, 6.07) is 21.5. The number of benzene rings is 3. The normalized spacial score (nSPS) is 16.2. The van der Waals surface area contributed by atoms with Crippen LogP contribution in [0.25, 0.3) is 5.57 Å². The van der Waals surface area contributed by atoms with Crippen LogP contribution in [0, 0.1) is 11.8 Å². The SMILES string of the molecule is C/C=C1\C(=NC)N(c2ccc(C(C)(F)F)cc2)c2ccc(C(=O)NCC#Cc3ccc(N4CCN(CCCc5ccc6c(c5)CN(C(C)CCC(=O)NC=O)C6=O)CC4)nc3)cc21.NC=O. The molecule has 4 heterocycles. The third-order valence-electron chi connectivity index (χ3n) is 11.9. The minimum absolute atomic E-state index is 0.0125. The van der Waals surface area contributed by atoms with Crippen LogP contribution in [-0.4, -0.2) is 104 Å². The number of pyridine rings is 1. The van der Waals surface area contributed by atoms with Gasteiger partial charge in [-0.3, -0.25) is 44.1 Å². The van der Waals surface area contributed by atoms with Gasteiger partial charge in [-0.05, 0) is 99.3 Å². The van der Waals surface area contributed by atoms with Gasteiger partial charge in [0.25, 0.3) is 17.7 Å². The van der Waals surface area contributed by atoms with Gasteiger partial charge < -0.3 is 20.9 Å². The van der Waals surface area contributed by atoms with Crippen LogP contribution < -0.4 is 26.2 Å². The van der Waals surface area contributed by atoms with Crippen molar-refractivity contribution in [1.29, 1.82) is 0 Å². The molecule has 5 amide bonds. The number of halogens is 2. The number of primary amides is 1. The molecule has 3 aliphatic heterocycles. The van der Waals surface area contributed by atoms with E-state index in [1.165, 1.54) is 17.7 Å². The summed E-state index contributed by atoms with van der Waals surface area (Å²) >= 11 is 0. The van der Waals surface area contributed by atoms with Gasteiger partial charge in [0.2, 0.25) is 18.7 Å². The third-order valence-corrected chi connectivity index (χ3v) is 11.9. The number of aryl methyl sites for hydroxylation is 1. The number of amidine groups is 1. The van der Waals surface area contributed by atoms with Gasteiger partial charge in [0.1, 0.15) is 11.7 Å². The predicted octanol–water partition coefficient (Wildman–Crippen LogP) is 5.81. The summed E-state index contributed by atoms with van der Waals surface area (Å²) in [6.07, 6.45) is 6.92. The van der Waals surface area contributed by atoms with E-state index in [1.807, 2.05) is 61.2 Å². The van der Waals surface area contributed by atoms with Crippen LogP contribution in [0.15, 0.2) is 90.1 Å². The highest BCUT2D eigenvalue weighted by Gasteiger charge is 2.33. The Balaban J connectivity index is 0.00000234. The summed E-state index contributed by atoms with van der Waals surface area (Å²) in [5.74, 6) is 4.13. The van der Waals surface area contributed by atoms with Crippen LogP contribution in [0.1, 0.15) is 88.6 Å². The number of nitrogens with one attached hydrogen (secondary N) is 2. The number of fused-ring (bicyclic) bond motifs is 2. The maximum Gasteiger partial charge on any atom is 0.270 e. The molecular formula is C50H55F2N9O5. The number of anilines is 3. The number of alkyl halides is 2. The number of imide groups is 1. The van der Waals surface area contributed by atoms with Crippen LogP contribution >= 0.6 is 0 Å². The summed E-state index contributed by atoms with van der Waals surface area (Å²) < 4.78 is 27.8. The maximum atomic E-state index is 13.9. The molecule has 0 spiro atoms. The summed E-state index contributed by atoms with van der Waals surface area (Å²) in [4.78, 5) is 74.7. The molecule has 4 aromatic rings. The van der Waals surface area contributed by atoms with Gasteiger partial charge in [0.05, 0.1) is 12.2 Å². The number of aliphatic imine (C=N–C) groups is 1. The Morgan fingerprint density at radius 2 is 1.74 bits per heavy atom. The molecule has 3 aromatic carbocycles. The highest BCUT2D eigenvalue weighted by atomic mass is 19.3. The van der Waals surface area contributed by atoms with E-state index in [9.17, 15) is 28.0 Å². The number of allylic oxidation sites excluding steroid dienone is 1. The lowest BCUT2D eigenvalue weighted by molar-refractivity contribution is -0.125. The Morgan fingerprint density at radius 1 is 1.00 bits per heavy atom. The zero-order valence-electron chi connectivity index (χ0n) is 37.7. The van der Waals surface area contributed by atoms with E-state index in [0.717, 1.165) is 91.8 Å². The van der Waals surface area contributed by atoms with Crippen molar-refractivity contribution in [3.63, 3.8) is 0 Å². The van der Waals surface area contributed by atoms with Gasteiger partial charge in [0, 0.05) is 104 Å². The zero-order chi connectivity index (χ0) is 47.4. The summed E-state index contributed by atoms with van der Waals surface area (Å²) in [7, 11) is 1.68. The average molecular weight is 900 g/mol. The number of nitrogens with two attached hydrogens (primary N) is 1. The van der Waals surface area contributed by atoms with Crippen molar-refractivity contribution in [2.75, 3.05) is 56.1 Å². The molecule has 0 aliphatic carbocycles. The van der Waals surface area contributed by atoms with E-state index < -0.39 is 5.92 Å². The molecule has 1 atom stereocenters. The quantitative estimate of drug-likeness (QED) is 0.104. The summed E-state index contributed by atoms with van der Waals surface area (Å²) in [5, 5.41) is 5.04. The van der Waals surface area contributed by atoms with Crippen molar-refractivity contribution in [1.82, 2.24) is 25.4 Å². The highest BCUT2D eigenvalue weighted by Crippen LogP contribution is 2.43. The third kappa shape index (κ3) is 11.5. The molecule has 66 heavy (non-hydrogen) atoms. The van der Waals surface area contributed by atoms with E-state index in [4.69, 9.17) is 4.79 Å². The van der Waals surface area contributed by atoms with Gasteiger partial charge >= 0.3 is 0 Å². The first-order valence-electron chi connectivity index (χ1n) is 21.9. The molecular weight excluding hydrogens is 845 g/mol. The molecule has 344 valence electrons. The molecule has 3 aliphatic rings. The number of rotatable bonds is 14. The van der Waals surface area contributed by atoms with E-state index in [1.54, 1.807) is 36.3 Å². The molecule has 0 saturated carbocycles. The number of aromatic nitrogens is 1. The smallest absolute Gasteiger partial charge is 0.270 e. The monoisotopic (exact) mass is 899 g/mol. The van der Waals surface area contributed by atoms with Crippen molar-refractivity contribution < 1.29 is 32.8 Å². The molecule has 7 rings (SSSR count). The molecule has 4 N–H and O–H groups in total. The number of nitrogens with zero attached hydrogens (tertiary/aromatic N) is 6. The van der Waals surface area contributed by atoms with E-state index in [2.05, 4.69) is 54.1 Å².